The van der Waals surface area contributed by atoms with Gasteiger partial charge in [0.2, 0.25) is 0 Å². The Morgan fingerprint density at radius 3 is 2.62 bits per heavy atom. The molecule has 2 aromatic rings. The van der Waals surface area contributed by atoms with Crippen molar-refractivity contribution in [1.29, 1.82) is 0 Å². The summed E-state index contributed by atoms with van der Waals surface area (Å²) in [4.78, 5) is 0. The summed E-state index contributed by atoms with van der Waals surface area (Å²) in [5, 5.41) is 3.44. The van der Waals surface area contributed by atoms with Gasteiger partial charge in [-0.3, -0.25) is 0 Å². The lowest BCUT2D eigenvalue weighted by atomic mass is 10.1. The fraction of sp³-hybridized carbons (Fsp3) is 0.333. The van der Waals surface area contributed by atoms with Crippen molar-refractivity contribution in [2.45, 2.75) is 26.3 Å². The van der Waals surface area contributed by atoms with Gasteiger partial charge in [0, 0.05) is 22.5 Å². The molecular weight excluding hydrogens is 326 g/mol. The molecule has 0 aromatic heterocycles. The van der Waals surface area contributed by atoms with Crippen molar-refractivity contribution in [3.63, 3.8) is 0 Å². The van der Waals surface area contributed by atoms with Gasteiger partial charge in [-0.25, -0.2) is 0 Å². The van der Waals surface area contributed by atoms with Gasteiger partial charge in [0.25, 0.3) is 0 Å². The lowest BCUT2D eigenvalue weighted by Gasteiger charge is -2.18. The number of hydrogen-bond acceptors (Lipinski definition) is 2. The molecule has 21 heavy (non-hydrogen) atoms. The third kappa shape index (κ3) is 4.87. The van der Waals surface area contributed by atoms with Crippen molar-refractivity contribution in [1.82, 2.24) is 5.32 Å². The number of ether oxygens (including phenoxy) is 1. The molecule has 0 bridgehead atoms. The fourth-order valence-electron chi connectivity index (χ4n) is 2.33. The van der Waals surface area contributed by atoms with E-state index in [1.54, 1.807) is 0 Å². The van der Waals surface area contributed by atoms with E-state index in [0.717, 1.165) is 23.2 Å². The molecule has 0 aliphatic heterocycles. The highest BCUT2D eigenvalue weighted by atomic mass is 79.9. The van der Waals surface area contributed by atoms with Crippen LogP contribution in [0.2, 0.25) is 0 Å². The molecule has 0 saturated carbocycles. The van der Waals surface area contributed by atoms with E-state index in [9.17, 15) is 0 Å². The van der Waals surface area contributed by atoms with Crippen LogP contribution in [0.3, 0.4) is 0 Å². The molecule has 112 valence electrons. The quantitative estimate of drug-likeness (QED) is 0.780. The Morgan fingerprint density at radius 2 is 1.90 bits per heavy atom. The molecule has 2 nitrogen and oxygen atoms in total. The van der Waals surface area contributed by atoms with Crippen molar-refractivity contribution in [2.75, 3.05) is 13.2 Å². The molecule has 0 fully saturated rings. The second-order valence-corrected chi connectivity index (χ2v) is 5.96. The summed E-state index contributed by atoms with van der Waals surface area (Å²) in [7, 11) is 0. The van der Waals surface area contributed by atoms with Crippen LogP contribution in [0, 0.1) is 0 Å². The molecule has 0 radical (unpaired) electrons. The monoisotopic (exact) mass is 347 g/mol. The average Bonchev–Trinajstić information content (AvgIpc) is 2.50. The van der Waals surface area contributed by atoms with Crippen molar-refractivity contribution >= 4 is 15.9 Å². The number of benzene rings is 2. The molecule has 0 aliphatic carbocycles. The minimum Gasteiger partial charge on any atom is -0.493 e. The fourth-order valence-corrected chi connectivity index (χ4v) is 2.71. The van der Waals surface area contributed by atoms with E-state index >= 15 is 0 Å². The largest absolute Gasteiger partial charge is 0.493 e. The SMILES string of the molecule is CCNC(C)c1cc(Br)ccc1OCCc1ccccc1. The van der Waals surface area contributed by atoms with Gasteiger partial charge in [0.05, 0.1) is 6.61 Å². The van der Waals surface area contributed by atoms with Crippen LogP contribution < -0.4 is 10.1 Å². The van der Waals surface area contributed by atoms with Gasteiger partial charge in [-0.2, -0.15) is 0 Å². The lowest BCUT2D eigenvalue weighted by molar-refractivity contribution is 0.315. The molecule has 2 aromatic carbocycles. The van der Waals surface area contributed by atoms with Crippen LogP contribution in [0.5, 0.6) is 5.75 Å². The van der Waals surface area contributed by atoms with Gasteiger partial charge in [-0.05, 0) is 37.2 Å². The van der Waals surface area contributed by atoms with E-state index in [0.29, 0.717) is 6.61 Å². The molecule has 0 saturated heterocycles. The second-order valence-electron chi connectivity index (χ2n) is 5.05. The standard InChI is InChI=1S/C18H22BrNO/c1-3-20-14(2)17-13-16(19)9-10-18(17)21-12-11-15-7-5-4-6-8-15/h4-10,13-14,20H,3,11-12H2,1-2H3. The van der Waals surface area contributed by atoms with Crippen molar-refractivity contribution in [3.05, 3.63) is 64.1 Å². The molecule has 0 aliphatic rings. The van der Waals surface area contributed by atoms with Crippen molar-refractivity contribution in [3.8, 4) is 5.75 Å². The van der Waals surface area contributed by atoms with Crippen LogP contribution in [0.25, 0.3) is 0 Å². The third-order valence-corrected chi connectivity index (χ3v) is 3.93. The molecule has 3 heteroatoms. The summed E-state index contributed by atoms with van der Waals surface area (Å²) in [6, 6.07) is 16.9. The molecule has 0 spiro atoms. The maximum absolute atomic E-state index is 6.00. The minimum atomic E-state index is 0.277. The zero-order valence-electron chi connectivity index (χ0n) is 12.6. The predicted molar refractivity (Wildman–Crippen MR) is 91.9 cm³/mol. The average molecular weight is 348 g/mol. The Bertz CT molecular complexity index is 556. The third-order valence-electron chi connectivity index (χ3n) is 3.44. The van der Waals surface area contributed by atoms with Gasteiger partial charge in [-0.15, -0.1) is 0 Å². The number of nitrogens with one attached hydrogen (secondary N) is 1. The summed E-state index contributed by atoms with van der Waals surface area (Å²) >= 11 is 3.54. The van der Waals surface area contributed by atoms with Gasteiger partial charge < -0.3 is 10.1 Å². The van der Waals surface area contributed by atoms with Gasteiger partial charge in [0.1, 0.15) is 5.75 Å². The first-order chi connectivity index (χ1) is 10.2. The maximum Gasteiger partial charge on any atom is 0.124 e. The molecule has 0 amide bonds. The highest BCUT2D eigenvalue weighted by molar-refractivity contribution is 9.10. The van der Waals surface area contributed by atoms with E-state index in [1.165, 1.54) is 11.1 Å². The van der Waals surface area contributed by atoms with Gasteiger partial charge in [0.15, 0.2) is 0 Å². The summed E-state index contributed by atoms with van der Waals surface area (Å²) < 4.78 is 7.08. The Labute approximate surface area is 135 Å². The molecule has 1 unspecified atom stereocenters. The van der Waals surface area contributed by atoms with Crippen LogP contribution in [-0.2, 0) is 6.42 Å². The van der Waals surface area contributed by atoms with Crippen LogP contribution in [0.15, 0.2) is 53.0 Å². The van der Waals surface area contributed by atoms with Crippen LogP contribution in [-0.4, -0.2) is 13.2 Å². The molecule has 2 rings (SSSR count). The number of rotatable bonds is 7. The normalized spacial score (nSPS) is 12.1. The van der Waals surface area contributed by atoms with E-state index in [4.69, 9.17) is 4.74 Å². The zero-order chi connectivity index (χ0) is 15.1. The summed E-state index contributed by atoms with van der Waals surface area (Å²) in [6.45, 7) is 5.91. The Kier molecular flexibility index (Phi) is 6.27. The molecule has 0 heterocycles. The molecule has 1 N–H and O–H groups in total. The summed E-state index contributed by atoms with van der Waals surface area (Å²) in [5.74, 6) is 0.961. The van der Waals surface area contributed by atoms with E-state index in [1.807, 2.05) is 18.2 Å². The van der Waals surface area contributed by atoms with E-state index in [2.05, 4.69) is 65.4 Å². The molecule has 1 atom stereocenters. The smallest absolute Gasteiger partial charge is 0.124 e. The Hall–Kier alpha value is -1.32. The highest BCUT2D eigenvalue weighted by Gasteiger charge is 2.11. The van der Waals surface area contributed by atoms with E-state index < -0.39 is 0 Å². The minimum absolute atomic E-state index is 0.277. The van der Waals surface area contributed by atoms with Crippen molar-refractivity contribution < 1.29 is 4.74 Å². The van der Waals surface area contributed by atoms with Gasteiger partial charge in [-0.1, -0.05) is 53.2 Å². The Balaban J connectivity index is 2.02. The van der Waals surface area contributed by atoms with Gasteiger partial charge >= 0.3 is 0 Å². The number of halogens is 1. The molecular formula is C18H22BrNO. The topological polar surface area (TPSA) is 21.3 Å². The highest BCUT2D eigenvalue weighted by Crippen LogP contribution is 2.28. The maximum atomic E-state index is 6.00. The summed E-state index contributed by atoms with van der Waals surface area (Å²) in [5.41, 5.74) is 2.50. The van der Waals surface area contributed by atoms with E-state index in [-0.39, 0.29) is 6.04 Å². The van der Waals surface area contributed by atoms with Crippen LogP contribution in [0.4, 0.5) is 0 Å². The lowest BCUT2D eigenvalue weighted by Crippen LogP contribution is -2.18. The zero-order valence-corrected chi connectivity index (χ0v) is 14.2. The first kappa shape index (κ1) is 16.1. The number of hydrogen-bond donors (Lipinski definition) is 1. The first-order valence-corrected chi connectivity index (χ1v) is 8.19. The first-order valence-electron chi connectivity index (χ1n) is 7.40. The summed E-state index contributed by atoms with van der Waals surface area (Å²) in [6.07, 6.45) is 0.923. The predicted octanol–water partition coefficient (Wildman–Crippen LogP) is 4.74. The van der Waals surface area contributed by atoms with Crippen molar-refractivity contribution in [2.24, 2.45) is 0 Å². The second kappa shape index (κ2) is 8.20. The van der Waals surface area contributed by atoms with Crippen LogP contribution in [0.1, 0.15) is 31.0 Å². The Morgan fingerprint density at radius 1 is 1.14 bits per heavy atom. The van der Waals surface area contributed by atoms with Crippen LogP contribution >= 0.6 is 15.9 Å².